The van der Waals surface area contributed by atoms with Crippen molar-refractivity contribution in [1.82, 2.24) is 9.62 Å². The molecule has 1 aromatic rings. The lowest BCUT2D eigenvalue weighted by Crippen LogP contribution is -2.46. The zero-order chi connectivity index (χ0) is 17.6. The predicted molar refractivity (Wildman–Crippen MR) is 89.5 cm³/mol. The van der Waals surface area contributed by atoms with Gasteiger partial charge in [-0.1, -0.05) is 0 Å². The van der Waals surface area contributed by atoms with Gasteiger partial charge in [0.2, 0.25) is 10.0 Å². The van der Waals surface area contributed by atoms with E-state index in [1.54, 1.807) is 24.0 Å². The standard InChI is InChI=1S/C16H24N2O5S/c1-3-22-14-5-7-15(8-6-14)24(20,21)17-13-9-11-18(12-10-13)16(19)23-4-2/h5-8,13,17H,3-4,9-12H2,1-2H3. The number of nitrogens with one attached hydrogen (secondary N) is 1. The van der Waals surface area contributed by atoms with Crippen molar-refractivity contribution in [3.8, 4) is 5.75 Å². The van der Waals surface area contributed by atoms with E-state index < -0.39 is 10.0 Å². The molecule has 1 heterocycles. The third kappa shape index (κ3) is 4.85. The van der Waals surface area contributed by atoms with Gasteiger partial charge in [0.15, 0.2) is 0 Å². The summed E-state index contributed by atoms with van der Waals surface area (Å²) in [7, 11) is -3.58. The maximum absolute atomic E-state index is 12.4. The van der Waals surface area contributed by atoms with Crippen LogP contribution < -0.4 is 9.46 Å². The molecule has 7 nitrogen and oxygen atoms in total. The van der Waals surface area contributed by atoms with Gasteiger partial charge in [0.05, 0.1) is 18.1 Å². The second-order valence-corrected chi connectivity index (χ2v) is 7.20. The number of ether oxygens (including phenoxy) is 2. The first-order valence-electron chi connectivity index (χ1n) is 8.13. The highest BCUT2D eigenvalue weighted by atomic mass is 32.2. The van der Waals surface area contributed by atoms with Crippen molar-refractivity contribution in [3.05, 3.63) is 24.3 Å². The molecule has 0 radical (unpaired) electrons. The van der Waals surface area contributed by atoms with Crippen molar-refractivity contribution in [2.45, 2.75) is 37.6 Å². The first-order valence-corrected chi connectivity index (χ1v) is 9.61. The Hall–Kier alpha value is -1.80. The van der Waals surface area contributed by atoms with E-state index in [2.05, 4.69) is 4.72 Å². The van der Waals surface area contributed by atoms with Crippen molar-refractivity contribution in [2.75, 3.05) is 26.3 Å². The molecule has 1 N–H and O–H groups in total. The number of carbonyl (C=O) groups excluding carboxylic acids is 1. The zero-order valence-electron chi connectivity index (χ0n) is 14.0. The lowest BCUT2D eigenvalue weighted by molar-refractivity contribution is 0.0966. The summed E-state index contributed by atoms with van der Waals surface area (Å²) < 4.78 is 37.8. The van der Waals surface area contributed by atoms with Gasteiger partial charge in [0.1, 0.15) is 5.75 Å². The molecule has 0 saturated carbocycles. The average molecular weight is 356 g/mol. The molecule has 134 valence electrons. The van der Waals surface area contributed by atoms with Gasteiger partial charge in [-0.25, -0.2) is 17.9 Å². The molecule has 0 bridgehead atoms. The molecule has 0 atom stereocenters. The molecular weight excluding hydrogens is 332 g/mol. The number of piperidine rings is 1. The highest BCUT2D eigenvalue weighted by Crippen LogP contribution is 2.18. The molecule has 1 amide bonds. The quantitative estimate of drug-likeness (QED) is 0.842. The molecule has 0 aromatic heterocycles. The number of sulfonamides is 1. The van der Waals surface area contributed by atoms with E-state index in [-0.39, 0.29) is 17.0 Å². The maximum Gasteiger partial charge on any atom is 0.409 e. The maximum atomic E-state index is 12.4. The number of hydrogen-bond donors (Lipinski definition) is 1. The number of hydrogen-bond acceptors (Lipinski definition) is 5. The highest BCUT2D eigenvalue weighted by molar-refractivity contribution is 7.89. The molecule has 0 aliphatic carbocycles. The van der Waals surface area contributed by atoms with Crippen LogP contribution >= 0.6 is 0 Å². The lowest BCUT2D eigenvalue weighted by atomic mass is 10.1. The van der Waals surface area contributed by atoms with E-state index in [0.29, 0.717) is 44.9 Å². The van der Waals surface area contributed by atoms with Crippen LogP contribution in [0.1, 0.15) is 26.7 Å². The Morgan fingerprint density at radius 2 is 1.79 bits per heavy atom. The third-order valence-corrected chi connectivity index (χ3v) is 5.32. The van der Waals surface area contributed by atoms with E-state index >= 15 is 0 Å². The van der Waals surface area contributed by atoms with Crippen molar-refractivity contribution < 1.29 is 22.7 Å². The Balaban J connectivity index is 1.92. The monoisotopic (exact) mass is 356 g/mol. The smallest absolute Gasteiger partial charge is 0.409 e. The van der Waals surface area contributed by atoms with Crippen LogP contribution in [0, 0.1) is 0 Å². The summed E-state index contributed by atoms with van der Waals surface area (Å²) in [5.74, 6) is 0.638. The van der Waals surface area contributed by atoms with Crippen molar-refractivity contribution >= 4 is 16.1 Å². The molecule has 1 aromatic carbocycles. The SMILES string of the molecule is CCOC(=O)N1CCC(NS(=O)(=O)c2ccc(OCC)cc2)CC1. The van der Waals surface area contributed by atoms with Gasteiger partial charge in [-0.2, -0.15) is 0 Å². The Morgan fingerprint density at radius 3 is 2.33 bits per heavy atom. The molecule has 1 fully saturated rings. The van der Waals surface area contributed by atoms with Gasteiger partial charge < -0.3 is 14.4 Å². The number of likely N-dealkylation sites (tertiary alicyclic amines) is 1. The van der Waals surface area contributed by atoms with Crippen LogP contribution in [0.5, 0.6) is 5.75 Å². The number of nitrogens with zero attached hydrogens (tertiary/aromatic N) is 1. The van der Waals surface area contributed by atoms with Crippen LogP contribution in [0.4, 0.5) is 4.79 Å². The molecule has 1 aliphatic rings. The molecule has 0 spiro atoms. The minimum atomic E-state index is -3.58. The van der Waals surface area contributed by atoms with E-state index in [1.807, 2.05) is 6.92 Å². The second-order valence-electron chi connectivity index (χ2n) is 5.49. The fourth-order valence-corrected chi connectivity index (χ4v) is 3.87. The Morgan fingerprint density at radius 1 is 1.17 bits per heavy atom. The summed E-state index contributed by atoms with van der Waals surface area (Å²) in [5.41, 5.74) is 0. The molecule has 1 saturated heterocycles. The van der Waals surface area contributed by atoms with Gasteiger partial charge in [0, 0.05) is 19.1 Å². The fourth-order valence-electron chi connectivity index (χ4n) is 2.56. The second kappa shape index (κ2) is 8.34. The van der Waals surface area contributed by atoms with Crippen molar-refractivity contribution in [1.29, 1.82) is 0 Å². The van der Waals surface area contributed by atoms with Gasteiger partial charge in [-0.3, -0.25) is 0 Å². The van der Waals surface area contributed by atoms with E-state index in [1.165, 1.54) is 12.1 Å². The average Bonchev–Trinajstić information content (AvgIpc) is 2.56. The van der Waals surface area contributed by atoms with Crippen molar-refractivity contribution in [3.63, 3.8) is 0 Å². The first-order chi connectivity index (χ1) is 11.5. The predicted octanol–water partition coefficient (Wildman–Crippen LogP) is 1.98. The summed E-state index contributed by atoms with van der Waals surface area (Å²) in [4.78, 5) is 13.5. The molecule has 24 heavy (non-hydrogen) atoms. The molecule has 0 unspecified atom stereocenters. The number of carbonyl (C=O) groups is 1. The third-order valence-electron chi connectivity index (χ3n) is 3.79. The van der Waals surface area contributed by atoms with Crippen LogP contribution in [0.15, 0.2) is 29.2 Å². The van der Waals surface area contributed by atoms with Gasteiger partial charge in [-0.05, 0) is 51.0 Å². The molecule has 8 heteroatoms. The topological polar surface area (TPSA) is 84.9 Å². The van der Waals surface area contributed by atoms with Crippen molar-refractivity contribution in [2.24, 2.45) is 0 Å². The van der Waals surface area contributed by atoms with E-state index in [4.69, 9.17) is 9.47 Å². The summed E-state index contributed by atoms with van der Waals surface area (Å²) in [6.07, 6.45) is 0.787. The largest absolute Gasteiger partial charge is 0.494 e. The van der Waals surface area contributed by atoms with Crippen LogP contribution in [0.2, 0.25) is 0 Å². The number of benzene rings is 1. The number of amides is 1. The van der Waals surface area contributed by atoms with Gasteiger partial charge >= 0.3 is 6.09 Å². The summed E-state index contributed by atoms with van der Waals surface area (Å²) in [6.45, 7) is 5.46. The first kappa shape index (κ1) is 18.5. The Bertz CT molecular complexity index is 637. The Kier molecular flexibility index (Phi) is 6.44. The molecular formula is C16H24N2O5S. The van der Waals surface area contributed by atoms with E-state index in [0.717, 1.165) is 0 Å². The fraction of sp³-hybridized carbons (Fsp3) is 0.562. The summed E-state index contributed by atoms with van der Waals surface area (Å²) >= 11 is 0. The Labute approximate surface area is 143 Å². The van der Waals surface area contributed by atoms with Crippen LogP contribution in [0.3, 0.4) is 0 Å². The minimum absolute atomic E-state index is 0.188. The van der Waals surface area contributed by atoms with E-state index in [9.17, 15) is 13.2 Å². The normalized spacial score (nSPS) is 16.0. The summed E-state index contributed by atoms with van der Waals surface area (Å²) in [5, 5.41) is 0. The van der Waals surface area contributed by atoms with Crippen LogP contribution in [-0.4, -0.2) is 51.8 Å². The minimum Gasteiger partial charge on any atom is -0.494 e. The molecule has 2 rings (SSSR count). The van der Waals surface area contributed by atoms with Gasteiger partial charge in [0.25, 0.3) is 0 Å². The summed E-state index contributed by atoms with van der Waals surface area (Å²) in [6, 6.07) is 6.15. The van der Waals surface area contributed by atoms with Gasteiger partial charge in [-0.15, -0.1) is 0 Å². The molecule has 1 aliphatic heterocycles. The zero-order valence-corrected chi connectivity index (χ0v) is 14.8. The van der Waals surface area contributed by atoms with Crippen LogP contribution in [-0.2, 0) is 14.8 Å². The highest BCUT2D eigenvalue weighted by Gasteiger charge is 2.27. The van der Waals surface area contributed by atoms with Crippen LogP contribution in [0.25, 0.3) is 0 Å². The lowest BCUT2D eigenvalue weighted by Gasteiger charge is -2.31. The number of rotatable bonds is 6.